The highest BCUT2D eigenvalue weighted by molar-refractivity contribution is 6.01. The summed E-state index contributed by atoms with van der Waals surface area (Å²) in [6, 6.07) is -0.315. The van der Waals surface area contributed by atoms with E-state index >= 15 is 0 Å². The van der Waals surface area contributed by atoms with Crippen LogP contribution < -0.4 is 16.4 Å². The molecule has 1 aromatic rings. The summed E-state index contributed by atoms with van der Waals surface area (Å²) in [7, 11) is 0. The number of hydrogen-bond donors (Lipinski definition) is 4. The summed E-state index contributed by atoms with van der Waals surface area (Å²) in [5.41, 5.74) is 6.46. The van der Waals surface area contributed by atoms with Gasteiger partial charge in [-0.25, -0.2) is 0 Å². The molecule has 0 aliphatic heterocycles. The molecule has 1 saturated carbocycles. The molecule has 1 atom stereocenters. The smallest absolute Gasteiger partial charge is 0.257 e. The molecule has 2 rings (SSSR count). The summed E-state index contributed by atoms with van der Waals surface area (Å²) >= 11 is 0. The van der Waals surface area contributed by atoms with Crippen LogP contribution in [0.15, 0.2) is 0 Å². The van der Waals surface area contributed by atoms with Gasteiger partial charge in [0.15, 0.2) is 5.82 Å². The summed E-state index contributed by atoms with van der Waals surface area (Å²) in [4.78, 5) is 23.6. The molecule has 0 bridgehead atoms. The standard InChI is InChI=1S/C11H17N5O2/c1-5-8(9(12)16-15-5)11(18)13-6(2)10(17)14-7-3-4-7/h6-7H,3-4H2,1-2H3,(H,13,18)(H,14,17)(H3,12,15,16). The molecule has 98 valence electrons. The van der Waals surface area contributed by atoms with Crippen molar-refractivity contribution in [3.05, 3.63) is 11.3 Å². The Morgan fingerprint density at radius 3 is 2.67 bits per heavy atom. The average molecular weight is 251 g/mol. The highest BCUT2D eigenvalue weighted by Crippen LogP contribution is 2.18. The zero-order chi connectivity index (χ0) is 13.3. The number of H-pyrrole nitrogens is 1. The molecular weight excluding hydrogens is 234 g/mol. The van der Waals surface area contributed by atoms with Crippen molar-refractivity contribution in [2.45, 2.75) is 38.8 Å². The minimum Gasteiger partial charge on any atom is -0.382 e. The average Bonchev–Trinajstić information content (AvgIpc) is 3.04. The van der Waals surface area contributed by atoms with Crippen LogP contribution in [0.1, 0.15) is 35.8 Å². The third kappa shape index (κ3) is 2.61. The minimum atomic E-state index is -0.591. The molecule has 1 unspecified atom stereocenters. The zero-order valence-corrected chi connectivity index (χ0v) is 10.4. The minimum absolute atomic E-state index is 0.139. The van der Waals surface area contributed by atoms with Gasteiger partial charge in [-0.05, 0) is 26.7 Å². The monoisotopic (exact) mass is 251 g/mol. The number of anilines is 1. The number of aryl methyl sites for hydroxylation is 1. The van der Waals surface area contributed by atoms with Crippen LogP contribution in [0.4, 0.5) is 5.82 Å². The van der Waals surface area contributed by atoms with Crippen molar-refractivity contribution in [3.8, 4) is 0 Å². The summed E-state index contributed by atoms with van der Waals surface area (Å²) < 4.78 is 0. The Hall–Kier alpha value is -2.05. The maximum absolute atomic E-state index is 11.9. The SMILES string of the molecule is Cc1[nH]nc(N)c1C(=O)NC(C)C(=O)NC1CC1. The largest absolute Gasteiger partial charge is 0.382 e. The molecule has 1 aromatic heterocycles. The summed E-state index contributed by atoms with van der Waals surface area (Å²) in [5.74, 6) is -0.428. The van der Waals surface area contributed by atoms with Crippen molar-refractivity contribution in [1.29, 1.82) is 0 Å². The maximum atomic E-state index is 11.9. The second-order valence-electron chi connectivity index (χ2n) is 4.59. The van der Waals surface area contributed by atoms with Gasteiger partial charge in [-0.15, -0.1) is 0 Å². The Balaban J connectivity index is 1.96. The second kappa shape index (κ2) is 4.67. The fraction of sp³-hybridized carbons (Fsp3) is 0.545. The Kier molecular flexibility index (Phi) is 3.22. The van der Waals surface area contributed by atoms with Gasteiger partial charge in [-0.3, -0.25) is 14.7 Å². The third-order valence-corrected chi connectivity index (χ3v) is 2.87. The van der Waals surface area contributed by atoms with Crippen molar-refractivity contribution in [2.24, 2.45) is 0 Å². The van der Waals surface area contributed by atoms with Crippen molar-refractivity contribution in [1.82, 2.24) is 20.8 Å². The van der Waals surface area contributed by atoms with E-state index in [-0.39, 0.29) is 17.8 Å². The van der Waals surface area contributed by atoms with Crippen LogP contribution in [0.3, 0.4) is 0 Å². The number of nitrogens with zero attached hydrogens (tertiary/aromatic N) is 1. The summed E-state index contributed by atoms with van der Waals surface area (Å²) in [6.07, 6.45) is 2.03. The lowest BCUT2D eigenvalue weighted by atomic mass is 10.2. The number of hydrogen-bond acceptors (Lipinski definition) is 4. The van der Waals surface area contributed by atoms with Crippen molar-refractivity contribution in [3.63, 3.8) is 0 Å². The molecule has 1 aliphatic carbocycles. The number of nitrogen functional groups attached to an aromatic ring is 1. The zero-order valence-electron chi connectivity index (χ0n) is 10.4. The molecule has 1 aliphatic rings. The van der Waals surface area contributed by atoms with E-state index < -0.39 is 11.9 Å². The summed E-state index contributed by atoms with van der Waals surface area (Å²) in [5, 5.41) is 11.8. The Morgan fingerprint density at radius 1 is 1.50 bits per heavy atom. The Morgan fingerprint density at radius 2 is 2.17 bits per heavy atom. The molecular formula is C11H17N5O2. The first-order valence-corrected chi connectivity index (χ1v) is 5.90. The highest BCUT2D eigenvalue weighted by Gasteiger charge is 2.27. The normalized spacial score (nSPS) is 16.1. The number of nitrogens with one attached hydrogen (secondary N) is 3. The number of aromatic amines is 1. The predicted molar refractivity (Wildman–Crippen MR) is 65.8 cm³/mol. The summed E-state index contributed by atoms with van der Waals surface area (Å²) in [6.45, 7) is 3.34. The van der Waals surface area contributed by atoms with E-state index in [2.05, 4.69) is 20.8 Å². The lowest BCUT2D eigenvalue weighted by Gasteiger charge is -2.13. The molecule has 0 radical (unpaired) electrons. The van der Waals surface area contributed by atoms with Gasteiger partial charge in [0.2, 0.25) is 5.91 Å². The lowest BCUT2D eigenvalue weighted by Crippen LogP contribution is -2.45. The van der Waals surface area contributed by atoms with Crippen LogP contribution >= 0.6 is 0 Å². The van der Waals surface area contributed by atoms with E-state index in [0.29, 0.717) is 11.3 Å². The second-order valence-corrected chi connectivity index (χ2v) is 4.59. The van der Waals surface area contributed by atoms with Crippen LogP contribution in [0.5, 0.6) is 0 Å². The van der Waals surface area contributed by atoms with Crippen LogP contribution in [-0.2, 0) is 4.79 Å². The highest BCUT2D eigenvalue weighted by atomic mass is 16.2. The van der Waals surface area contributed by atoms with Crippen molar-refractivity contribution >= 4 is 17.6 Å². The Labute approximate surface area is 105 Å². The van der Waals surface area contributed by atoms with E-state index in [4.69, 9.17) is 5.73 Å². The van der Waals surface area contributed by atoms with Crippen molar-refractivity contribution in [2.75, 3.05) is 5.73 Å². The fourth-order valence-corrected chi connectivity index (χ4v) is 1.62. The van der Waals surface area contributed by atoms with Gasteiger partial charge < -0.3 is 16.4 Å². The molecule has 1 heterocycles. The van der Waals surface area contributed by atoms with Gasteiger partial charge >= 0.3 is 0 Å². The molecule has 7 heteroatoms. The van der Waals surface area contributed by atoms with E-state index in [1.54, 1.807) is 13.8 Å². The van der Waals surface area contributed by atoms with Crippen LogP contribution in [0, 0.1) is 6.92 Å². The molecule has 18 heavy (non-hydrogen) atoms. The maximum Gasteiger partial charge on any atom is 0.257 e. The van der Waals surface area contributed by atoms with Crippen LogP contribution in [-0.4, -0.2) is 34.1 Å². The predicted octanol–water partition coefficient (Wildman–Crippen LogP) is -0.303. The number of nitrogens with two attached hydrogens (primary N) is 1. The first-order chi connectivity index (χ1) is 8.49. The van der Waals surface area contributed by atoms with E-state index in [0.717, 1.165) is 12.8 Å². The topological polar surface area (TPSA) is 113 Å². The number of rotatable bonds is 4. The van der Waals surface area contributed by atoms with E-state index in [1.807, 2.05) is 0 Å². The van der Waals surface area contributed by atoms with E-state index in [1.165, 1.54) is 0 Å². The molecule has 1 fully saturated rings. The molecule has 0 spiro atoms. The van der Waals surface area contributed by atoms with Gasteiger partial charge in [0.25, 0.3) is 5.91 Å². The fourth-order valence-electron chi connectivity index (χ4n) is 1.62. The molecule has 0 aromatic carbocycles. The molecule has 2 amide bonds. The number of amides is 2. The quantitative estimate of drug-likeness (QED) is 0.588. The number of carbonyl (C=O) groups excluding carboxylic acids is 2. The lowest BCUT2D eigenvalue weighted by molar-refractivity contribution is -0.122. The number of carbonyl (C=O) groups is 2. The van der Waals surface area contributed by atoms with Gasteiger partial charge in [0.1, 0.15) is 11.6 Å². The van der Waals surface area contributed by atoms with Gasteiger partial charge in [-0.2, -0.15) is 5.10 Å². The molecule has 5 N–H and O–H groups in total. The first kappa shape index (κ1) is 12.4. The molecule has 7 nitrogen and oxygen atoms in total. The van der Waals surface area contributed by atoms with Gasteiger partial charge in [0, 0.05) is 11.7 Å². The van der Waals surface area contributed by atoms with Crippen LogP contribution in [0.2, 0.25) is 0 Å². The third-order valence-electron chi connectivity index (χ3n) is 2.87. The molecule has 0 saturated heterocycles. The Bertz CT molecular complexity index is 458. The van der Waals surface area contributed by atoms with Crippen LogP contribution in [0.25, 0.3) is 0 Å². The van der Waals surface area contributed by atoms with Gasteiger partial charge in [-0.1, -0.05) is 0 Å². The van der Waals surface area contributed by atoms with Crippen molar-refractivity contribution < 1.29 is 9.59 Å². The number of aromatic nitrogens is 2. The van der Waals surface area contributed by atoms with Gasteiger partial charge in [0.05, 0.1) is 0 Å². The first-order valence-electron chi connectivity index (χ1n) is 5.90. The van der Waals surface area contributed by atoms with E-state index in [9.17, 15) is 9.59 Å².